The van der Waals surface area contributed by atoms with Crippen LogP contribution in [0.5, 0.6) is 0 Å². The Labute approximate surface area is 114 Å². The van der Waals surface area contributed by atoms with Gasteiger partial charge in [-0.15, -0.1) is 10.2 Å². The minimum Gasteiger partial charge on any atom is -0.423 e. The van der Waals surface area contributed by atoms with Crippen molar-refractivity contribution in [2.75, 3.05) is 5.32 Å². The smallest absolute Gasteiger partial charge is 0.247 e. The number of nitrogens with zero attached hydrogens (tertiary/aromatic N) is 2. The van der Waals surface area contributed by atoms with E-state index in [9.17, 15) is 0 Å². The van der Waals surface area contributed by atoms with Crippen molar-refractivity contribution in [2.45, 2.75) is 39.7 Å². The molecule has 2 rings (SSSR count). The van der Waals surface area contributed by atoms with Gasteiger partial charge in [0.25, 0.3) is 0 Å². The van der Waals surface area contributed by atoms with Crippen LogP contribution < -0.4 is 5.32 Å². The third-order valence-electron chi connectivity index (χ3n) is 3.06. The number of rotatable bonds is 6. The van der Waals surface area contributed by atoms with Gasteiger partial charge in [-0.25, -0.2) is 0 Å². The molecule has 4 heteroatoms. The molecule has 19 heavy (non-hydrogen) atoms. The summed E-state index contributed by atoms with van der Waals surface area (Å²) in [4.78, 5) is 0. The summed E-state index contributed by atoms with van der Waals surface area (Å²) < 4.78 is 5.21. The summed E-state index contributed by atoms with van der Waals surface area (Å²) in [5.74, 6) is 1.30. The molecule has 0 aliphatic heterocycles. The lowest BCUT2D eigenvalue weighted by Gasteiger charge is -2.16. The Morgan fingerprint density at radius 2 is 2.05 bits per heavy atom. The number of hydrogen-bond donors (Lipinski definition) is 1. The van der Waals surface area contributed by atoms with Crippen molar-refractivity contribution < 1.29 is 4.42 Å². The van der Waals surface area contributed by atoms with Crippen LogP contribution in [0.15, 0.2) is 35.1 Å². The maximum absolute atomic E-state index is 5.21. The molecule has 0 aliphatic carbocycles. The van der Waals surface area contributed by atoms with Crippen LogP contribution in [0.1, 0.15) is 33.6 Å². The van der Waals surface area contributed by atoms with Gasteiger partial charge >= 0.3 is 0 Å². The maximum Gasteiger partial charge on any atom is 0.247 e. The molecule has 1 N–H and O–H groups in total. The van der Waals surface area contributed by atoms with Gasteiger partial charge in [0.1, 0.15) is 0 Å². The first-order valence-electron chi connectivity index (χ1n) is 6.78. The van der Waals surface area contributed by atoms with Crippen LogP contribution >= 0.6 is 0 Å². The molecule has 0 amide bonds. The normalized spacial score (nSPS) is 12.6. The standard InChI is InChI=1S/C15H21N3O/c1-11(2)7-8-12(3)17-14-6-4-5-13(9-14)15-18-16-10-19-15/h4-6,9-12,17H,7-8H2,1-3H3. The lowest BCUT2D eigenvalue weighted by Crippen LogP contribution is -2.15. The summed E-state index contributed by atoms with van der Waals surface area (Å²) in [6.07, 6.45) is 3.75. The Hall–Kier alpha value is -1.84. The maximum atomic E-state index is 5.21. The summed E-state index contributed by atoms with van der Waals surface area (Å²) in [6.45, 7) is 6.72. The van der Waals surface area contributed by atoms with E-state index in [1.54, 1.807) is 0 Å². The molecule has 4 nitrogen and oxygen atoms in total. The molecule has 2 aromatic rings. The molecule has 0 fully saturated rings. The molecule has 1 atom stereocenters. The topological polar surface area (TPSA) is 51.0 Å². The second-order valence-corrected chi connectivity index (χ2v) is 5.34. The summed E-state index contributed by atoms with van der Waals surface area (Å²) in [6, 6.07) is 8.53. The lowest BCUT2D eigenvalue weighted by molar-refractivity contribution is 0.527. The highest BCUT2D eigenvalue weighted by molar-refractivity contribution is 5.61. The van der Waals surface area contributed by atoms with Crippen molar-refractivity contribution in [1.82, 2.24) is 10.2 Å². The molecule has 0 saturated heterocycles. The first-order chi connectivity index (χ1) is 9.15. The van der Waals surface area contributed by atoms with Crippen molar-refractivity contribution in [3.8, 4) is 11.5 Å². The molecule has 0 bridgehead atoms. The van der Waals surface area contributed by atoms with Gasteiger partial charge in [-0.2, -0.15) is 0 Å². The summed E-state index contributed by atoms with van der Waals surface area (Å²) in [5.41, 5.74) is 2.03. The zero-order valence-corrected chi connectivity index (χ0v) is 11.8. The van der Waals surface area contributed by atoms with Crippen molar-refractivity contribution in [3.63, 3.8) is 0 Å². The molecule has 1 heterocycles. The largest absolute Gasteiger partial charge is 0.423 e. The first kappa shape index (κ1) is 13.6. The first-order valence-corrected chi connectivity index (χ1v) is 6.78. The van der Waals surface area contributed by atoms with E-state index in [4.69, 9.17) is 4.42 Å². The SMILES string of the molecule is CC(C)CCC(C)Nc1cccc(-c2nnco2)c1. The zero-order chi connectivity index (χ0) is 13.7. The lowest BCUT2D eigenvalue weighted by atomic mass is 10.0. The Balaban J connectivity index is 1.99. The second-order valence-electron chi connectivity index (χ2n) is 5.34. The van der Waals surface area contributed by atoms with Crippen LogP contribution in [0.25, 0.3) is 11.5 Å². The number of benzene rings is 1. The van der Waals surface area contributed by atoms with E-state index >= 15 is 0 Å². The minimum absolute atomic E-state index is 0.459. The van der Waals surface area contributed by atoms with E-state index in [1.165, 1.54) is 19.2 Å². The monoisotopic (exact) mass is 259 g/mol. The van der Waals surface area contributed by atoms with Crippen LogP contribution in [-0.4, -0.2) is 16.2 Å². The molecule has 0 spiro atoms. The number of hydrogen-bond acceptors (Lipinski definition) is 4. The molecule has 1 aromatic heterocycles. The third-order valence-corrected chi connectivity index (χ3v) is 3.06. The zero-order valence-electron chi connectivity index (χ0n) is 11.8. The van der Waals surface area contributed by atoms with Gasteiger partial charge in [0.05, 0.1) is 0 Å². The Morgan fingerprint density at radius 3 is 2.74 bits per heavy atom. The van der Waals surface area contributed by atoms with E-state index in [0.717, 1.165) is 17.2 Å². The highest BCUT2D eigenvalue weighted by atomic mass is 16.4. The van der Waals surface area contributed by atoms with Crippen LogP contribution in [0, 0.1) is 5.92 Å². The van der Waals surface area contributed by atoms with E-state index in [0.29, 0.717) is 11.9 Å². The van der Waals surface area contributed by atoms with Gasteiger partial charge in [-0.05, 0) is 43.9 Å². The highest BCUT2D eigenvalue weighted by Crippen LogP contribution is 2.21. The van der Waals surface area contributed by atoms with E-state index in [1.807, 2.05) is 18.2 Å². The molecular formula is C15H21N3O. The van der Waals surface area contributed by atoms with Gasteiger partial charge in [0.15, 0.2) is 0 Å². The second kappa shape index (κ2) is 6.36. The average Bonchev–Trinajstić information content (AvgIpc) is 2.90. The Kier molecular flexibility index (Phi) is 4.55. The van der Waals surface area contributed by atoms with Crippen LogP contribution in [0.2, 0.25) is 0 Å². The van der Waals surface area contributed by atoms with E-state index < -0.39 is 0 Å². The van der Waals surface area contributed by atoms with Crippen LogP contribution in [0.4, 0.5) is 5.69 Å². The number of aromatic nitrogens is 2. The predicted octanol–water partition coefficient (Wildman–Crippen LogP) is 3.97. The van der Waals surface area contributed by atoms with Crippen LogP contribution in [-0.2, 0) is 0 Å². The van der Waals surface area contributed by atoms with Gasteiger partial charge < -0.3 is 9.73 Å². The van der Waals surface area contributed by atoms with Gasteiger partial charge in [-0.3, -0.25) is 0 Å². The molecule has 0 radical (unpaired) electrons. The van der Waals surface area contributed by atoms with Crippen molar-refractivity contribution in [2.24, 2.45) is 5.92 Å². The summed E-state index contributed by atoms with van der Waals surface area (Å²) >= 11 is 0. The van der Waals surface area contributed by atoms with Gasteiger partial charge in [0.2, 0.25) is 12.3 Å². The van der Waals surface area contributed by atoms with Crippen LogP contribution in [0.3, 0.4) is 0 Å². The average molecular weight is 259 g/mol. The predicted molar refractivity (Wildman–Crippen MR) is 76.9 cm³/mol. The molecular weight excluding hydrogens is 238 g/mol. The fraction of sp³-hybridized carbons (Fsp3) is 0.467. The fourth-order valence-corrected chi connectivity index (χ4v) is 1.98. The third kappa shape index (κ3) is 4.09. The Morgan fingerprint density at radius 1 is 1.21 bits per heavy atom. The minimum atomic E-state index is 0.459. The summed E-state index contributed by atoms with van der Waals surface area (Å²) in [5, 5.41) is 11.1. The molecule has 1 unspecified atom stereocenters. The molecule has 0 saturated carbocycles. The molecule has 102 valence electrons. The number of anilines is 1. The quantitative estimate of drug-likeness (QED) is 0.852. The number of nitrogens with one attached hydrogen (secondary N) is 1. The molecule has 0 aliphatic rings. The highest BCUT2D eigenvalue weighted by Gasteiger charge is 2.07. The van der Waals surface area contributed by atoms with Crippen molar-refractivity contribution >= 4 is 5.69 Å². The van der Waals surface area contributed by atoms with Gasteiger partial charge in [0, 0.05) is 17.3 Å². The van der Waals surface area contributed by atoms with Gasteiger partial charge in [-0.1, -0.05) is 19.9 Å². The fourth-order valence-electron chi connectivity index (χ4n) is 1.98. The summed E-state index contributed by atoms with van der Waals surface area (Å²) in [7, 11) is 0. The van der Waals surface area contributed by atoms with E-state index in [-0.39, 0.29) is 0 Å². The molecule has 1 aromatic carbocycles. The Bertz CT molecular complexity index is 494. The van der Waals surface area contributed by atoms with E-state index in [2.05, 4.69) is 42.4 Å². The van der Waals surface area contributed by atoms with Crippen molar-refractivity contribution in [3.05, 3.63) is 30.7 Å². The van der Waals surface area contributed by atoms with Crippen molar-refractivity contribution in [1.29, 1.82) is 0 Å².